The van der Waals surface area contributed by atoms with Gasteiger partial charge in [-0.1, -0.05) is 20.8 Å². The van der Waals surface area contributed by atoms with Gasteiger partial charge in [0.25, 0.3) is 0 Å². The fourth-order valence-corrected chi connectivity index (χ4v) is 2.49. The van der Waals surface area contributed by atoms with E-state index in [0.29, 0.717) is 5.92 Å². The highest BCUT2D eigenvalue weighted by molar-refractivity contribution is 5.08. The normalized spacial score (nSPS) is 15.2. The largest absolute Gasteiger partial charge is 0.468 e. The molecule has 0 radical (unpaired) electrons. The lowest BCUT2D eigenvalue weighted by Crippen LogP contribution is -2.44. The Labute approximate surface area is 123 Å². The Bertz CT molecular complexity index is 349. The van der Waals surface area contributed by atoms with E-state index in [9.17, 15) is 0 Å². The lowest BCUT2D eigenvalue weighted by atomic mass is 10.0. The molecule has 0 saturated carbocycles. The molecule has 4 nitrogen and oxygen atoms in total. The topological polar surface area (TPSA) is 45.6 Å². The van der Waals surface area contributed by atoms with Crippen LogP contribution in [-0.4, -0.2) is 49.6 Å². The Morgan fingerprint density at radius 1 is 1.25 bits per heavy atom. The summed E-state index contributed by atoms with van der Waals surface area (Å²) in [5, 5.41) is 0. The van der Waals surface area contributed by atoms with Crippen LogP contribution < -0.4 is 5.73 Å². The number of furan rings is 1. The van der Waals surface area contributed by atoms with Crippen LogP contribution in [0.3, 0.4) is 0 Å². The second kappa shape index (κ2) is 8.45. The zero-order valence-electron chi connectivity index (χ0n) is 13.7. The Morgan fingerprint density at radius 3 is 2.40 bits per heavy atom. The second-order valence-corrected chi connectivity index (χ2v) is 6.22. The van der Waals surface area contributed by atoms with E-state index in [2.05, 4.69) is 44.7 Å². The number of rotatable bonds is 9. The summed E-state index contributed by atoms with van der Waals surface area (Å²) in [7, 11) is 4.21. The summed E-state index contributed by atoms with van der Waals surface area (Å²) in [6.07, 6.45) is 2.69. The summed E-state index contributed by atoms with van der Waals surface area (Å²) >= 11 is 0. The number of nitrogens with two attached hydrogens (primary N) is 1. The van der Waals surface area contributed by atoms with Crippen molar-refractivity contribution in [1.29, 1.82) is 0 Å². The van der Waals surface area contributed by atoms with Crippen molar-refractivity contribution in [2.45, 2.75) is 39.3 Å². The third kappa shape index (κ3) is 5.27. The van der Waals surface area contributed by atoms with Gasteiger partial charge in [-0.3, -0.25) is 4.90 Å². The first-order valence-corrected chi connectivity index (χ1v) is 7.63. The van der Waals surface area contributed by atoms with E-state index in [4.69, 9.17) is 10.2 Å². The van der Waals surface area contributed by atoms with Crippen molar-refractivity contribution >= 4 is 0 Å². The molecule has 1 aromatic heterocycles. The molecule has 2 unspecified atom stereocenters. The molecule has 0 aromatic carbocycles. The average Bonchev–Trinajstić information content (AvgIpc) is 2.88. The van der Waals surface area contributed by atoms with Crippen molar-refractivity contribution in [1.82, 2.24) is 9.80 Å². The van der Waals surface area contributed by atoms with E-state index >= 15 is 0 Å². The lowest BCUT2D eigenvalue weighted by molar-refractivity contribution is 0.122. The first-order chi connectivity index (χ1) is 9.45. The van der Waals surface area contributed by atoms with Gasteiger partial charge in [0.1, 0.15) is 5.76 Å². The van der Waals surface area contributed by atoms with E-state index in [-0.39, 0.29) is 12.1 Å². The fourth-order valence-electron chi connectivity index (χ4n) is 2.49. The van der Waals surface area contributed by atoms with Crippen LogP contribution in [0.25, 0.3) is 0 Å². The van der Waals surface area contributed by atoms with Gasteiger partial charge in [0.15, 0.2) is 0 Å². The molecule has 1 heterocycles. The first kappa shape index (κ1) is 17.2. The zero-order chi connectivity index (χ0) is 15.1. The Kier molecular flexibility index (Phi) is 7.27. The third-order valence-electron chi connectivity index (χ3n) is 3.54. The van der Waals surface area contributed by atoms with Crippen molar-refractivity contribution in [2.75, 3.05) is 33.7 Å². The van der Waals surface area contributed by atoms with Gasteiger partial charge in [-0.05, 0) is 38.6 Å². The Hall–Kier alpha value is -0.840. The smallest absolute Gasteiger partial charge is 0.122 e. The maximum absolute atomic E-state index is 6.38. The summed E-state index contributed by atoms with van der Waals surface area (Å²) in [4.78, 5) is 4.68. The zero-order valence-corrected chi connectivity index (χ0v) is 13.7. The maximum Gasteiger partial charge on any atom is 0.122 e. The van der Waals surface area contributed by atoms with Crippen LogP contribution in [0.5, 0.6) is 0 Å². The Morgan fingerprint density at radius 2 is 1.95 bits per heavy atom. The highest BCUT2D eigenvalue weighted by atomic mass is 16.3. The Balaban J connectivity index is 2.90. The molecular weight excluding hydrogens is 250 g/mol. The molecule has 1 aromatic rings. The van der Waals surface area contributed by atoms with Crippen LogP contribution in [0, 0.1) is 5.92 Å². The van der Waals surface area contributed by atoms with Crippen molar-refractivity contribution in [3.8, 4) is 0 Å². The minimum absolute atomic E-state index is 0.0991. The van der Waals surface area contributed by atoms with E-state index in [1.54, 1.807) is 6.26 Å². The standard InChI is InChI=1S/C16H31N3O/c1-6-14(17)16(15-8-7-11-20-15)19(12-13(2)3)10-9-18(4)5/h7-8,11,13-14,16H,6,9-10,12,17H2,1-5H3. The molecule has 0 spiro atoms. The van der Waals surface area contributed by atoms with Crippen LogP contribution in [-0.2, 0) is 0 Å². The summed E-state index contributed by atoms with van der Waals surface area (Å²) in [6.45, 7) is 9.70. The molecule has 0 aliphatic heterocycles. The van der Waals surface area contributed by atoms with Gasteiger partial charge < -0.3 is 15.1 Å². The molecule has 1 rings (SSSR count). The molecule has 0 bridgehead atoms. The fraction of sp³-hybridized carbons (Fsp3) is 0.750. The average molecular weight is 281 g/mol. The van der Waals surface area contributed by atoms with Crippen LogP contribution in [0.2, 0.25) is 0 Å². The summed E-state index contributed by atoms with van der Waals surface area (Å²) < 4.78 is 5.65. The van der Waals surface area contributed by atoms with E-state index in [1.807, 2.05) is 12.1 Å². The highest BCUT2D eigenvalue weighted by Crippen LogP contribution is 2.26. The van der Waals surface area contributed by atoms with E-state index in [0.717, 1.165) is 31.8 Å². The molecule has 0 saturated heterocycles. The number of nitrogens with zero attached hydrogens (tertiary/aromatic N) is 2. The summed E-state index contributed by atoms with van der Waals surface area (Å²) in [6, 6.07) is 4.26. The predicted molar refractivity (Wildman–Crippen MR) is 84.7 cm³/mol. The quantitative estimate of drug-likeness (QED) is 0.755. The van der Waals surface area contributed by atoms with Gasteiger partial charge >= 0.3 is 0 Å². The lowest BCUT2D eigenvalue weighted by Gasteiger charge is -2.35. The number of hydrogen-bond acceptors (Lipinski definition) is 4. The van der Waals surface area contributed by atoms with E-state index < -0.39 is 0 Å². The third-order valence-corrected chi connectivity index (χ3v) is 3.54. The molecule has 0 fully saturated rings. The summed E-state index contributed by atoms with van der Waals surface area (Å²) in [5.74, 6) is 1.59. The van der Waals surface area contributed by atoms with Crippen LogP contribution >= 0.6 is 0 Å². The van der Waals surface area contributed by atoms with Crippen LogP contribution in [0.1, 0.15) is 39.0 Å². The molecule has 4 heteroatoms. The maximum atomic E-state index is 6.38. The molecule has 0 aliphatic rings. The summed E-state index contributed by atoms with van der Waals surface area (Å²) in [5.41, 5.74) is 6.38. The van der Waals surface area contributed by atoms with Gasteiger partial charge in [-0.2, -0.15) is 0 Å². The molecular formula is C16H31N3O. The SMILES string of the molecule is CCC(N)C(c1ccco1)N(CCN(C)C)CC(C)C. The number of likely N-dealkylation sites (N-methyl/N-ethyl adjacent to an activating group) is 1. The predicted octanol–water partition coefficient (Wildman–Crippen LogP) is 2.58. The van der Waals surface area contributed by atoms with Gasteiger partial charge in [0.05, 0.1) is 12.3 Å². The molecule has 2 N–H and O–H groups in total. The van der Waals surface area contributed by atoms with Crippen molar-refractivity contribution in [3.05, 3.63) is 24.2 Å². The van der Waals surface area contributed by atoms with Gasteiger partial charge in [0, 0.05) is 25.7 Å². The van der Waals surface area contributed by atoms with Crippen molar-refractivity contribution < 1.29 is 4.42 Å². The monoisotopic (exact) mass is 281 g/mol. The molecule has 116 valence electrons. The van der Waals surface area contributed by atoms with E-state index in [1.165, 1.54) is 0 Å². The van der Waals surface area contributed by atoms with Crippen molar-refractivity contribution in [2.24, 2.45) is 11.7 Å². The minimum Gasteiger partial charge on any atom is -0.468 e. The molecule has 0 aliphatic carbocycles. The highest BCUT2D eigenvalue weighted by Gasteiger charge is 2.28. The van der Waals surface area contributed by atoms with Crippen LogP contribution in [0.15, 0.2) is 22.8 Å². The van der Waals surface area contributed by atoms with Crippen molar-refractivity contribution in [3.63, 3.8) is 0 Å². The molecule has 2 atom stereocenters. The van der Waals surface area contributed by atoms with Gasteiger partial charge in [-0.25, -0.2) is 0 Å². The minimum atomic E-state index is 0.0991. The molecule has 20 heavy (non-hydrogen) atoms. The number of hydrogen-bond donors (Lipinski definition) is 1. The molecule has 0 amide bonds. The van der Waals surface area contributed by atoms with Crippen LogP contribution in [0.4, 0.5) is 0 Å². The van der Waals surface area contributed by atoms with Gasteiger partial charge in [0.2, 0.25) is 0 Å². The van der Waals surface area contributed by atoms with Gasteiger partial charge in [-0.15, -0.1) is 0 Å². The second-order valence-electron chi connectivity index (χ2n) is 6.22. The first-order valence-electron chi connectivity index (χ1n) is 7.63.